The fourth-order valence-electron chi connectivity index (χ4n) is 1.66. The third kappa shape index (κ3) is 5.03. The number of aliphatic imine (C=N–C) groups is 1. The summed E-state index contributed by atoms with van der Waals surface area (Å²) in [6, 6.07) is 0. The van der Waals surface area contributed by atoms with Gasteiger partial charge in [0.2, 0.25) is 0 Å². The molecule has 0 amide bonds. The lowest BCUT2D eigenvalue weighted by Gasteiger charge is -2.27. The normalized spacial score (nSPS) is 16.9. The van der Waals surface area contributed by atoms with Gasteiger partial charge in [-0.2, -0.15) is 11.8 Å². The van der Waals surface area contributed by atoms with Gasteiger partial charge in [0.25, 0.3) is 0 Å². The van der Waals surface area contributed by atoms with E-state index in [2.05, 4.69) is 40.9 Å². The largest absolute Gasteiger partial charge is 0.370 e. The predicted molar refractivity (Wildman–Crippen MR) is 98.2 cm³/mol. The van der Waals surface area contributed by atoms with Crippen molar-refractivity contribution >= 4 is 53.0 Å². The highest BCUT2D eigenvalue weighted by atomic mass is 127. The predicted octanol–water partition coefficient (Wildman–Crippen LogP) is 2.32. The maximum atomic E-state index is 6.01. The average Bonchev–Trinajstić information content (AvgIpc) is 2.86. The Morgan fingerprint density at radius 2 is 1.95 bits per heavy atom. The lowest BCUT2D eigenvalue weighted by molar-refractivity contribution is 0.455. The monoisotopic (exact) mass is 427 g/mol. The van der Waals surface area contributed by atoms with Crippen molar-refractivity contribution in [3.8, 4) is 0 Å². The zero-order valence-electron chi connectivity index (χ0n) is 12.1. The Kier molecular flexibility index (Phi) is 6.99. The molecule has 0 aromatic carbocycles. The molecule has 1 fully saturated rings. The molecule has 0 unspecified atom stereocenters. The molecule has 1 aromatic rings. The maximum absolute atomic E-state index is 6.01. The summed E-state index contributed by atoms with van der Waals surface area (Å²) >= 11 is 3.59. The topological polar surface area (TPSA) is 67.4 Å². The van der Waals surface area contributed by atoms with Crippen molar-refractivity contribution in [2.45, 2.75) is 32.7 Å². The number of thioether (sulfide) groups is 1. The highest BCUT2D eigenvalue weighted by Crippen LogP contribution is 2.25. The van der Waals surface area contributed by atoms with Crippen LogP contribution in [0, 0.1) is 0 Å². The van der Waals surface area contributed by atoms with Crippen molar-refractivity contribution in [2.75, 3.05) is 24.6 Å². The van der Waals surface area contributed by atoms with Gasteiger partial charge < -0.3 is 10.6 Å². The molecular weight excluding hydrogens is 405 g/mol. The van der Waals surface area contributed by atoms with Crippen LogP contribution in [0.25, 0.3) is 0 Å². The van der Waals surface area contributed by atoms with Gasteiger partial charge in [-0.25, -0.2) is 4.99 Å². The second-order valence-electron chi connectivity index (χ2n) is 5.52. The molecule has 20 heavy (non-hydrogen) atoms. The average molecular weight is 427 g/mol. The molecule has 1 aliphatic heterocycles. The summed E-state index contributed by atoms with van der Waals surface area (Å²) in [5, 5.41) is 10.4. The molecule has 5 nitrogen and oxygen atoms in total. The number of hydrogen-bond donors (Lipinski definition) is 1. The van der Waals surface area contributed by atoms with E-state index in [1.54, 1.807) is 11.3 Å². The van der Waals surface area contributed by atoms with Gasteiger partial charge >= 0.3 is 0 Å². The van der Waals surface area contributed by atoms with Gasteiger partial charge in [-0.05, 0) is 0 Å². The van der Waals surface area contributed by atoms with Gasteiger partial charge in [0.15, 0.2) is 5.96 Å². The quantitative estimate of drug-likeness (QED) is 0.446. The zero-order valence-corrected chi connectivity index (χ0v) is 16.1. The Bertz CT molecular complexity index is 449. The van der Waals surface area contributed by atoms with Crippen LogP contribution in [0.15, 0.2) is 4.99 Å². The molecule has 1 aromatic heterocycles. The van der Waals surface area contributed by atoms with Gasteiger partial charge in [-0.3, -0.25) is 0 Å². The van der Waals surface area contributed by atoms with Crippen molar-refractivity contribution in [1.29, 1.82) is 0 Å². The fraction of sp³-hybridized carbons (Fsp3) is 0.750. The van der Waals surface area contributed by atoms with Crippen molar-refractivity contribution in [3.63, 3.8) is 0 Å². The van der Waals surface area contributed by atoms with Crippen LogP contribution in [-0.2, 0) is 12.0 Å². The van der Waals surface area contributed by atoms with Crippen molar-refractivity contribution in [1.82, 2.24) is 15.1 Å². The Morgan fingerprint density at radius 3 is 2.50 bits per heavy atom. The first kappa shape index (κ1) is 18.0. The van der Waals surface area contributed by atoms with Crippen LogP contribution >= 0.6 is 47.1 Å². The second-order valence-corrected chi connectivity index (χ2v) is 7.81. The van der Waals surface area contributed by atoms with Crippen LogP contribution in [0.2, 0.25) is 0 Å². The van der Waals surface area contributed by atoms with E-state index in [0.717, 1.165) is 34.6 Å². The van der Waals surface area contributed by atoms with Crippen LogP contribution < -0.4 is 5.73 Å². The summed E-state index contributed by atoms with van der Waals surface area (Å²) in [5.41, 5.74) is 6.06. The zero-order chi connectivity index (χ0) is 13.9. The molecule has 0 spiro atoms. The van der Waals surface area contributed by atoms with Crippen LogP contribution in [0.1, 0.15) is 30.8 Å². The summed E-state index contributed by atoms with van der Waals surface area (Å²) in [6.07, 6.45) is 0. The van der Waals surface area contributed by atoms with E-state index < -0.39 is 0 Å². The SMILES string of the molecule is CC(C)(C)c1nnc(CN=C(N)N2CCSCC2)s1.I. The van der Waals surface area contributed by atoms with Crippen LogP contribution in [-0.4, -0.2) is 45.7 Å². The summed E-state index contributed by atoms with van der Waals surface area (Å²) < 4.78 is 0. The minimum absolute atomic E-state index is 0. The van der Waals surface area contributed by atoms with E-state index in [0.29, 0.717) is 12.5 Å². The van der Waals surface area contributed by atoms with E-state index >= 15 is 0 Å². The number of rotatable bonds is 2. The highest BCUT2D eigenvalue weighted by molar-refractivity contribution is 14.0. The molecule has 2 N–H and O–H groups in total. The molecular formula is C12H22IN5S2. The molecule has 0 aliphatic carbocycles. The van der Waals surface area contributed by atoms with Crippen LogP contribution in [0.3, 0.4) is 0 Å². The van der Waals surface area contributed by atoms with Gasteiger partial charge in [0.05, 0.1) is 6.54 Å². The third-order valence-electron chi connectivity index (χ3n) is 2.82. The molecule has 2 rings (SSSR count). The maximum Gasteiger partial charge on any atom is 0.191 e. The van der Waals surface area contributed by atoms with Gasteiger partial charge in [0.1, 0.15) is 10.0 Å². The van der Waals surface area contributed by atoms with Crippen molar-refractivity contribution < 1.29 is 0 Å². The van der Waals surface area contributed by atoms with E-state index in [1.165, 1.54) is 0 Å². The van der Waals surface area contributed by atoms with Gasteiger partial charge in [0, 0.05) is 30.0 Å². The Morgan fingerprint density at radius 1 is 1.30 bits per heavy atom. The lowest BCUT2D eigenvalue weighted by Crippen LogP contribution is -2.42. The first-order valence-electron chi connectivity index (χ1n) is 6.42. The van der Waals surface area contributed by atoms with Gasteiger partial charge in [-0.15, -0.1) is 34.2 Å². The van der Waals surface area contributed by atoms with Crippen molar-refractivity contribution in [3.05, 3.63) is 10.0 Å². The van der Waals surface area contributed by atoms with Gasteiger partial charge in [-0.1, -0.05) is 32.1 Å². The standard InChI is InChI=1S/C12H21N5S2.HI/c1-12(2,3)10-16-15-9(19-10)8-14-11(13)17-4-6-18-7-5-17;/h4-8H2,1-3H3,(H2,13,14);1H. The van der Waals surface area contributed by atoms with Crippen LogP contribution in [0.5, 0.6) is 0 Å². The van der Waals surface area contributed by atoms with E-state index in [9.17, 15) is 0 Å². The molecule has 1 saturated heterocycles. The fourth-order valence-corrected chi connectivity index (χ4v) is 3.39. The number of nitrogens with zero attached hydrogens (tertiary/aromatic N) is 4. The molecule has 0 radical (unpaired) electrons. The molecule has 114 valence electrons. The Labute approximate surface area is 145 Å². The second kappa shape index (κ2) is 7.79. The van der Waals surface area contributed by atoms with Crippen molar-refractivity contribution in [2.24, 2.45) is 10.7 Å². The lowest BCUT2D eigenvalue weighted by atomic mass is 9.98. The molecule has 1 aliphatic rings. The molecule has 8 heteroatoms. The summed E-state index contributed by atoms with van der Waals surface area (Å²) in [7, 11) is 0. The van der Waals surface area contributed by atoms with E-state index in [-0.39, 0.29) is 29.4 Å². The number of halogens is 1. The molecule has 0 bridgehead atoms. The molecule has 0 atom stereocenters. The third-order valence-corrected chi connectivity index (χ3v) is 5.10. The number of nitrogens with two attached hydrogens (primary N) is 1. The minimum Gasteiger partial charge on any atom is -0.370 e. The van der Waals surface area contributed by atoms with E-state index in [4.69, 9.17) is 5.73 Å². The van der Waals surface area contributed by atoms with E-state index in [1.807, 2.05) is 11.8 Å². The number of guanidine groups is 1. The first-order chi connectivity index (χ1) is 8.97. The molecule has 2 heterocycles. The van der Waals surface area contributed by atoms with Crippen LogP contribution in [0.4, 0.5) is 0 Å². The summed E-state index contributed by atoms with van der Waals surface area (Å²) in [4.78, 5) is 6.57. The number of hydrogen-bond acceptors (Lipinski definition) is 5. The summed E-state index contributed by atoms with van der Waals surface area (Å²) in [6.45, 7) is 8.93. The highest BCUT2D eigenvalue weighted by Gasteiger charge is 2.19. The minimum atomic E-state index is 0. The Hall–Kier alpha value is -0.0900. The summed E-state index contributed by atoms with van der Waals surface area (Å²) in [5.74, 6) is 2.89. The molecule has 0 saturated carbocycles. The first-order valence-corrected chi connectivity index (χ1v) is 8.39. The smallest absolute Gasteiger partial charge is 0.191 e. The number of aromatic nitrogens is 2. The Balaban J connectivity index is 0.00000200.